The van der Waals surface area contributed by atoms with Crippen molar-refractivity contribution in [1.82, 2.24) is 5.32 Å². The molecule has 2 aromatic carbocycles. The minimum atomic E-state index is -0.462. The Hall–Kier alpha value is -2.79. The van der Waals surface area contributed by atoms with E-state index in [0.717, 1.165) is 16.5 Å². The van der Waals surface area contributed by atoms with Crippen LogP contribution >= 0.6 is 0 Å². The summed E-state index contributed by atoms with van der Waals surface area (Å²) in [4.78, 5) is 11.4. The molecule has 0 fully saturated rings. The molecule has 5 nitrogen and oxygen atoms in total. The molecule has 0 radical (unpaired) electrons. The molecule has 5 heteroatoms. The SMILES string of the molecule is NC(=O)c1cc(OCCNCc2ccco2)c2ccccc2c1. The second-order valence-electron chi connectivity index (χ2n) is 5.16. The summed E-state index contributed by atoms with van der Waals surface area (Å²) in [6, 6.07) is 15.0. The highest BCUT2D eigenvalue weighted by Gasteiger charge is 2.08. The Bertz CT molecular complexity index is 797. The first-order valence-corrected chi connectivity index (χ1v) is 7.42. The van der Waals surface area contributed by atoms with Crippen molar-refractivity contribution in [3.05, 3.63) is 66.1 Å². The maximum absolute atomic E-state index is 11.4. The van der Waals surface area contributed by atoms with Crippen molar-refractivity contribution in [2.24, 2.45) is 5.73 Å². The van der Waals surface area contributed by atoms with Crippen molar-refractivity contribution in [2.45, 2.75) is 6.54 Å². The molecule has 0 aliphatic heterocycles. The van der Waals surface area contributed by atoms with Crippen LogP contribution in [-0.2, 0) is 6.54 Å². The van der Waals surface area contributed by atoms with Crippen LogP contribution in [0, 0.1) is 0 Å². The Morgan fingerprint density at radius 1 is 1.17 bits per heavy atom. The Morgan fingerprint density at radius 3 is 2.83 bits per heavy atom. The van der Waals surface area contributed by atoms with Crippen molar-refractivity contribution < 1.29 is 13.9 Å². The van der Waals surface area contributed by atoms with Gasteiger partial charge in [0, 0.05) is 17.5 Å². The van der Waals surface area contributed by atoms with Crippen LogP contribution in [0.3, 0.4) is 0 Å². The molecule has 0 spiro atoms. The number of primary amides is 1. The van der Waals surface area contributed by atoms with Crippen LogP contribution in [0.25, 0.3) is 10.8 Å². The van der Waals surface area contributed by atoms with E-state index in [2.05, 4.69) is 5.32 Å². The molecule has 0 saturated carbocycles. The highest BCUT2D eigenvalue weighted by Crippen LogP contribution is 2.27. The summed E-state index contributed by atoms with van der Waals surface area (Å²) in [6.45, 7) is 1.79. The van der Waals surface area contributed by atoms with Crippen molar-refractivity contribution >= 4 is 16.7 Å². The lowest BCUT2D eigenvalue weighted by molar-refractivity contribution is 0.1000. The fraction of sp³-hybridized carbons (Fsp3) is 0.167. The molecule has 3 rings (SSSR count). The van der Waals surface area contributed by atoms with Gasteiger partial charge in [-0.05, 0) is 29.7 Å². The molecular formula is C18H18N2O3. The second kappa shape index (κ2) is 6.98. The van der Waals surface area contributed by atoms with E-state index in [1.807, 2.05) is 36.4 Å². The molecular weight excluding hydrogens is 292 g/mol. The van der Waals surface area contributed by atoms with Crippen LogP contribution in [0.1, 0.15) is 16.1 Å². The number of hydrogen-bond acceptors (Lipinski definition) is 4. The largest absolute Gasteiger partial charge is 0.492 e. The minimum absolute atomic E-state index is 0.447. The van der Waals surface area contributed by atoms with Crippen molar-refractivity contribution in [3.8, 4) is 5.75 Å². The maximum atomic E-state index is 11.4. The summed E-state index contributed by atoms with van der Waals surface area (Å²) >= 11 is 0. The van der Waals surface area contributed by atoms with E-state index >= 15 is 0 Å². The summed E-state index contributed by atoms with van der Waals surface area (Å²) in [6.07, 6.45) is 1.65. The predicted molar refractivity (Wildman–Crippen MR) is 88.4 cm³/mol. The molecule has 23 heavy (non-hydrogen) atoms. The first-order valence-electron chi connectivity index (χ1n) is 7.42. The maximum Gasteiger partial charge on any atom is 0.248 e. The highest BCUT2D eigenvalue weighted by molar-refractivity contribution is 6.00. The molecule has 0 unspecified atom stereocenters. The van der Waals surface area contributed by atoms with Crippen LogP contribution in [0.2, 0.25) is 0 Å². The number of nitrogens with two attached hydrogens (primary N) is 1. The highest BCUT2D eigenvalue weighted by atomic mass is 16.5. The van der Waals surface area contributed by atoms with Crippen LogP contribution in [0.15, 0.2) is 59.2 Å². The first-order chi connectivity index (χ1) is 11.2. The van der Waals surface area contributed by atoms with E-state index in [4.69, 9.17) is 14.9 Å². The normalized spacial score (nSPS) is 10.8. The van der Waals surface area contributed by atoms with Crippen LogP contribution in [0.4, 0.5) is 0 Å². The van der Waals surface area contributed by atoms with Gasteiger partial charge in [-0.25, -0.2) is 0 Å². The number of hydrogen-bond donors (Lipinski definition) is 2. The third-order valence-corrected chi connectivity index (χ3v) is 3.52. The van der Waals surface area contributed by atoms with E-state index in [1.54, 1.807) is 18.4 Å². The average molecular weight is 310 g/mol. The summed E-state index contributed by atoms with van der Waals surface area (Å²) in [7, 11) is 0. The Labute approximate surface area is 134 Å². The Kier molecular flexibility index (Phi) is 4.59. The molecule has 0 saturated heterocycles. The zero-order valence-electron chi connectivity index (χ0n) is 12.6. The molecule has 3 N–H and O–H groups in total. The number of rotatable bonds is 7. The van der Waals surface area contributed by atoms with E-state index < -0.39 is 5.91 Å². The van der Waals surface area contributed by atoms with Crippen LogP contribution < -0.4 is 15.8 Å². The number of carbonyl (C=O) groups excluding carboxylic acids is 1. The minimum Gasteiger partial charge on any atom is -0.492 e. The van der Waals surface area contributed by atoms with Gasteiger partial charge < -0.3 is 20.2 Å². The Balaban J connectivity index is 1.65. The number of carbonyl (C=O) groups is 1. The quantitative estimate of drug-likeness (QED) is 0.658. The molecule has 1 aromatic heterocycles. The number of benzene rings is 2. The monoisotopic (exact) mass is 310 g/mol. The van der Waals surface area contributed by atoms with Gasteiger partial charge in [-0.1, -0.05) is 24.3 Å². The second-order valence-corrected chi connectivity index (χ2v) is 5.16. The lowest BCUT2D eigenvalue weighted by atomic mass is 10.1. The summed E-state index contributed by atoms with van der Waals surface area (Å²) in [5.74, 6) is 1.08. The van der Waals surface area contributed by atoms with E-state index in [0.29, 0.717) is 31.0 Å². The van der Waals surface area contributed by atoms with Gasteiger partial charge in [0.1, 0.15) is 18.1 Å². The standard InChI is InChI=1S/C18H18N2O3/c19-18(21)14-10-13-4-1-2-6-16(13)17(11-14)23-9-7-20-12-15-5-3-8-22-15/h1-6,8,10-11,20H,7,9,12H2,(H2,19,21). The molecule has 0 aliphatic carbocycles. The Morgan fingerprint density at radius 2 is 2.04 bits per heavy atom. The smallest absolute Gasteiger partial charge is 0.248 e. The topological polar surface area (TPSA) is 77.5 Å². The zero-order chi connectivity index (χ0) is 16.1. The fourth-order valence-corrected chi connectivity index (χ4v) is 2.40. The predicted octanol–water partition coefficient (Wildman–Crippen LogP) is 2.70. The molecule has 1 amide bonds. The van der Waals surface area contributed by atoms with E-state index in [1.165, 1.54) is 0 Å². The van der Waals surface area contributed by atoms with Gasteiger partial charge in [0.2, 0.25) is 5.91 Å². The zero-order valence-corrected chi connectivity index (χ0v) is 12.6. The summed E-state index contributed by atoms with van der Waals surface area (Å²) in [5, 5.41) is 5.13. The third-order valence-electron chi connectivity index (χ3n) is 3.52. The van der Waals surface area contributed by atoms with Crippen molar-refractivity contribution in [3.63, 3.8) is 0 Å². The van der Waals surface area contributed by atoms with Gasteiger partial charge in [-0.2, -0.15) is 0 Å². The number of fused-ring (bicyclic) bond motifs is 1. The van der Waals surface area contributed by atoms with Gasteiger partial charge in [0.05, 0.1) is 12.8 Å². The molecule has 0 bridgehead atoms. The molecule has 0 aliphatic rings. The number of furan rings is 1. The first kappa shape index (κ1) is 15.1. The molecule has 3 aromatic rings. The van der Waals surface area contributed by atoms with E-state index in [-0.39, 0.29) is 0 Å². The van der Waals surface area contributed by atoms with Gasteiger partial charge in [0.25, 0.3) is 0 Å². The van der Waals surface area contributed by atoms with Gasteiger partial charge in [-0.15, -0.1) is 0 Å². The summed E-state index contributed by atoms with van der Waals surface area (Å²) in [5.41, 5.74) is 5.83. The summed E-state index contributed by atoms with van der Waals surface area (Å²) < 4.78 is 11.1. The number of amides is 1. The van der Waals surface area contributed by atoms with Gasteiger partial charge >= 0.3 is 0 Å². The van der Waals surface area contributed by atoms with E-state index in [9.17, 15) is 4.79 Å². The fourth-order valence-electron chi connectivity index (χ4n) is 2.40. The van der Waals surface area contributed by atoms with Crippen LogP contribution in [0.5, 0.6) is 5.75 Å². The van der Waals surface area contributed by atoms with Crippen molar-refractivity contribution in [2.75, 3.05) is 13.2 Å². The van der Waals surface area contributed by atoms with Gasteiger partial charge in [-0.3, -0.25) is 4.79 Å². The number of ether oxygens (including phenoxy) is 1. The van der Waals surface area contributed by atoms with Crippen LogP contribution in [-0.4, -0.2) is 19.1 Å². The molecule has 1 heterocycles. The lowest BCUT2D eigenvalue weighted by Gasteiger charge is -2.11. The lowest BCUT2D eigenvalue weighted by Crippen LogP contribution is -2.20. The van der Waals surface area contributed by atoms with Gasteiger partial charge in [0.15, 0.2) is 0 Å². The molecule has 0 atom stereocenters. The van der Waals surface area contributed by atoms with Crippen molar-refractivity contribution in [1.29, 1.82) is 0 Å². The molecule has 118 valence electrons. The number of nitrogens with one attached hydrogen (secondary N) is 1. The third kappa shape index (κ3) is 3.70. The average Bonchev–Trinajstić information content (AvgIpc) is 3.07.